The molecule has 0 aromatic rings. The lowest BCUT2D eigenvalue weighted by molar-refractivity contribution is -0.375. The molecule has 0 aromatic heterocycles. The summed E-state index contributed by atoms with van der Waals surface area (Å²) in [5.74, 6) is 0.513. The number of carbonyl (C=O) groups excluding carboxylic acids is 1. The fraction of sp³-hybridized carbons (Fsp3) is 0.955. The zero-order valence-electron chi connectivity index (χ0n) is 17.5. The molecule has 7 aliphatic rings. The predicted octanol–water partition coefficient (Wildman–Crippen LogP) is 2.00. The molecule has 11 atom stereocenters. The lowest BCUT2D eigenvalue weighted by Crippen LogP contribution is -2.76. The first kappa shape index (κ1) is 19.0. The molecule has 29 heavy (non-hydrogen) atoms. The van der Waals surface area contributed by atoms with Crippen molar-refractivity contribution in [1.29, 1.82) is 0 Å². The first-order valence-corrected chi connectivity index (χ1v) is 11.2. The van der Waals surface area contributed by atoms with E-state index in [9.17, 15) is 9.90 Å². The second-order valence-electron chi connectivity index (χ2n) is 10.6. The van der Waals surface area contributed by atoms with Crippen LogP contribution in [-0.4, -0.2) is 60.8 Å². The first-order chi connectivity index (χ1) is 13.8. The van der Waals surface area contributed by atoms with Crippen LogP contribution in [0.3, 0.4) is 0 Å². The zero-order chi connectivity index (χ0) is 20.2. The standard InChI is InChI=1S/C22H32O7/c1-11-6-17(27-12(2)23)22-15(8-14(28-19(22)24)9-21(22)10-26-21)20(11,3)16-7-13-4-5-25-18(13)29-16/h11,13-19,24H,4-10H2,1-3H3/t11-,13-,14-,15-,16?,17+,18+,19+,20+,21+,22+/m1/s1. The molecule has 2 spiro atoms. The van der Waals surface area contributed by atoms with Gasteiger partial charge >= 0.3 is 5.97 Å². The maximum absolute atomic E-state index is 12.0. The Bertz CT molecular complexity index is 710. The van der Waals surface area contributed by atoms with Gasteiger partial charge in [0.15, 0.2) is 12.6 Å². The van der Waals surface area contributed by atoms with Gasteiger partial charge in [-0.2, -0.15) is 0 Å². The van der Waals surface area contributed by atoms with Gasteiger partial charge in [0.05, 0.1) is 30.8 Å². The lowest BCUT2D eigenvalue weighted by atomic mass is 9.40. The van der Waals surface area contributed by atoms with Crippen molar-refractivity contribution in [2.45, 2.75) is 89.4 Å². The van der Waals surface area contributed by atoms with Crippen LogP contribution in [-0.2, 0) is 28.5 Å². The summed E-state index contributed by atoms with van der Waals surface area (Å²) in [4.78, 5) is 12.0. The molecule has 2 bridgehead atoms. The number of epoxide rings is 1. The predicted molar refractivity (Wildman–Crippen MR) is 99.5 cm³/mol. The molecule has 1 unspecified atom stereocenters. The molecular weight excluding hydrogens is 376 g/mol. The van der Waals surface area contributed by atoms with Crippen molar-refractivity contribution >= 4 is 5.97 Å². The molecule has 0 aromatic carbocycles. The van der Waals surface area contributed by atoms with Gasteiger partial charge in [0.2, 0.25) is 0 Å². The van der Waals surface area contributed by atoms with Crippen LogP contribution in [0.1, 0.15) is 52.9 Å². The number of hydrogen-bond donors (Lipinski definition) is 1. The number of aliphatic hydroxyl groups excluding tert-OH is 1. The maximum atomic E-state index is 12.0. The van der Waals surface area contributed by atoms with Crippen LogP contribution >= 0.6 is 0 Å². The molecule has 7 nitrogen and oxygen atoms in total. The molecule has 7 fully saturated rings. The fourth-order valence-electron chi connectivity index (χ4n) is 7.98. The van der Waals surface area contributed by atoms with Gasteiger partial charge in [-0.15, -0.1) is 0 Å². The first-order valence-electron chi connectivity index (χ1n) is 11.2. The van der Waals surface area contributed by atoms with E-state index in [0.717, 1.165) is 32.3 Å². The number of carbonyl (C=O) groups is 1. The summed E-state index contributed by atoms with van der Waals surface area (Å²) in [5.41, 5.74) is -1.37. The van der Waals surface area contributed by atoms with E-state index in [-0.39, 0.29) is 41.7 Å². The van der Waals surface area contributed by atoms with E-state index >= 15 is 0 Å². The minimum absolute atomic E-state index is 0.0286. The second-order valence-corrected chi connectivity index (χ2v) is 10.6. The summed E-state index contributed by atoms with van der Waals surface area (Å²) in [5, 5.41) is 11.3. The molecule has 5 aliphatic heterocycles. The van der Waals surface area contributed by atoms with Crippen molar-refractivity contribution in [3.8, 4) is 0 Å². The van der Waals surface area contributed by atoms with Gasteiger partial charge < -0.3 is 28.8 Å². The van der Waals surface area contributed by atoms with Gasteiger partial charge in [0.1, 0.15) is 11.7 Å². The topological polar surface area (TPSA) is 86.8 Å². The molecule has 2 saturated carbocycles. The average molecular weight is 408 g/mol. The van der Waals surface area contributed by atoms with Crippen molar-refractivity contribution in [3.63, 3.8) is 0 Å². The van der Waals surface area contributed by atoms with Crippen LogP contribution in [0.15, 0.2) is 0 Å². The number of rotatable bonds is 2. The highest BCUT2D eigenvalue weighted by atomic mass is 16.7. The van der Waals surface area contributed by atoms with Crippen molar-refractivity contribution < 1.29 is 33.6 Å². The Morgan fingerprint density at radius 3 is 2.69 bits per heavy atom. The monoisotopic (exact) mass is 408 g/mol. The van der Waals surface area contributed by atoms with Crippen LogP contribution < -0.4 is 0 Å². The summed E-state index contributed by atoms with van der Waals surface area (Å²) in [7, 11) is 0. The quantitative estimate of drug-likeness (QED) is 0.552. The molecule has 5 saturated heterocycles. The largest absolute Gasteiger partial charge is 0.462 e. The summed E-state index contributed by atoms with van der Waals surface area (Å²) < 4.78 is 30.3. The van der Waals surface area contributed by atoms with Crippen LogP contribution in [0.4, 0.5) is 0 Å². The third-order valence-electron chi connectivity index (χ3n) is 9.53. The summed E-state index contributed by atoms with van der Waals surface area (Å²) in [6.07, 6.45) is 2.87. The molecular formula is C22H32O7. The highest BCUT2D eigenvalue weighted by Crippen LogP contribution is 2.73. The molecule has 5 heterocycles. The van der Waals surface area contributed by atoms with Crippen molar-refractivity contribution in [1.82, 2.24) is 0 Å². The number of ether oxygens (including phenoxy) is 5. The number of hydrogen-bond acceptors (Lipinski definition) is 7. The van der Waals surface area contributed by atoms with E-state index < -0.39 is 23.4 Å². The molecule has 0 radical (unpaired) electrons. The fourth-order valence-corrected chi connectivity index (χ4v) is 7.98. The van der Waals surface area contributed by atoms with E-state index in [4.69, 9.17) is 23.7 Å². The molecule has 0 amide bonds. The van der Waals surface area contributed by atoms with Gasteiger partial charge in [-0.25, -0.2) is 0 Å². The van der Waals surface area contributed by atoms with Crippen LogP contribution in [0.25, 0.3) is 0 Å². The third-order valence-corrected chi connectivity index (χ3v) is 9.53. The molecule has 7 heteroatoms. The van der Waals surface area contributed by atoms with Gasteiger partial charge in [0.25, 0.3) is 0 Å². The Hall–Kier alpha value is -0.730. The minimum Gasteiger partial charge on any atom is -0.462 e. The Morgan fingerprint density at radius 2 is 2.00 bits per heavy atom. The SMILES string of the molecule is CC(=O)O[C@H]1C[C@@H](C)[C@](C)(C2C[C@H]3CCO[C@H]3O2)[C@H]2C[C@@H]3C[C@]4(CO4)[C@]12[C@@H](O)O3. The van der Waals surface area contributed by atoms with Gasteiger partial charge in [0, 0.05) is 24.7 Å². The normalized spacial score (nSPS) is 60.1. The van der Waals surface area contributed by atoms with Crippen molar-refractivity contribution in [3.05, 3.63) is 0 Å². The Morgan fingerprint density at radius 1 is 1.21 bits per heavy atom. The molecule has 1 N–H and O–H groups in total. The van der Waals surface area contributed by atoms with E-state index in [2.05, 4.69) is 13.8 Å². The average Bonchev–Trinajstić information content (AvgIpc) is 3.09. The lowest BCUT2D eigenvalue weighted by Gasteiger charge is -2.68. The highest BCUT2D eigenvalue weighted by molar-refractivity contribution is 5.66. The number of aliphatic hydroxyl groups is 1. The molecule has 2 aliphatic carbocycles. The summed E-state index contributed by atoms with van der Waals surface area (Å²) in [6.45, 7) is 7.40. The number of esters is 1. The van der Waals surface area contributed by atoms with E-state index in [1.54, 1.807) is 0 Å². The van der Waals surface area contributed by atoms with Crippen LogP contribution in [0.5, 0.6) is 0 Å². The maximum Gasteiger partial charge on any atom is 0.302 e. The summed E-state index contributed by atoms with van der Waals surface area (Å²) >= 11 is 0. The van der Waals surface area contributed by atoms with Crippen molar-refractivity contribution in [2.75, 3.05) is 13.2 Å². The van der Waals surface area contributed by atoms with E-state index in [0.29, 0.717) is 18.9 Å². The molecule has 7 rings (SSSR count). The number of fused-ring (bicyclic) bond motifs is 2. The van der Waals surface area contributed by atoms with Crippen LogP contribution in [0.2, 0.25) is 0 Å². The van der Waals surface area contributed by atoms with E-state index in [1.165, 1.54) is 6.92 Å². The highest BCUT2D eigenvalue weighted by Gasteiger charge is 2.82. The Labute approximate surface area is 171 Å². The molecule has 162 valence electrons. The Kier molecular flexibility index (Phi) is 3.89. The zero-order valence-corrected chi connectivity index (χ0v) is 17.5. The third kappa shape index (κ3) is 2.23. The smallest absolute Gasteiger partial charge is 0.302 e. The van der Waals surface area contributed by atoms with Crippen molar-refractivity contribution in [2.24, 2.45) is 28.6 Å². The van der Waals surface area contributed by atoms with E-state index in [1.807, 2.05) is 0 Å². The van der Waals surface area contributed by atoms with Crippen LogP contribution in [0, 0.1) is 28.6 Å². The minimum atomic E-state index is -0.990. The van der Waals surface area contributed by atoms with Gasteiger partial charge in [-0.3, -0.25) is 4.79 Å². The summed E-state index contributed by atoms with van der Waals surface area (Å²) in [6, 6.07) is 0. The second kappa shape index (κ2) is 5.94. The van der Waals surface area contributed by atoms with Gasteiger partial charge in [-0.05, 0) is 37.5 Å². The van der Waals surface area contributed by atoms with Gasteiger partial charge in [-0.1, -0.05) is 13.8 Å². The Balaban J connectivity index is 1.45.